The van der Waals surface area contributed by atoms with E-state index in [9.17, 15) is 13.6 Å². The molecule has 3 nitrogen and oxygen atoms in total. The lowest BCUT2D eigenvalue weighted by atomic mass is 10.1. The average Bonchev–Trinajstić information content (AvgIpc) is 2.51. The van der Waals surface area contributed by atoms with Gasteiger partial charge in [-0.15, -0.1) is 0 Å². The summed E-state index contributed by atoms with van der Waals surface area (Å²) in [6.07, 6.45) is 0. The molecule has 0 aliphatic carbocycles. The molecule has 0 radical (unpaired) electrons. The molecule has 0 saturated carbocycles. The van der Waals surface area contributed by atoms with Gasteiger partial charge >= 0.3 is 0 Å². The molecule has 0 unspecified atom stereocenters. The van der Waals surface area contributed by atoms with Crippen molar-refractivity contribution in [1.29, 1.82) is 0 Å². The molecule has 5 heteroatoms. The van der Waals surface area contributed by atoms with Crippen molar-refractivity contribution in [2.45, 2.75) is 25.9 Å². The van der Waals surface area contributed by atoms with Crippen molar-refractivity contribution in [3.05, 3.63) is 65.7 Å². The van der Waals surface area contributed by atoms with E-state index in [1.807, 2.05) is 37.3 Å². The quantitative estimate of drug-likeness (QED) is 0.885. The van der Waals surface area contributed by atoms with Gasteiger partial charge in [-0.3, -0.25) is 10.1 Å². The van der Waals surface area contributed by atoms with Crippen LogP contribution in [0, 0.1) is 11.6 Å². The molecule has 2 aromatic rings. The first kappa shape index (κ1) is 16.1. The molecule has 0 heterocycles. The van der Waals surface area contributed by atoms with E-state index in [4.69, 9.17) is 0 Å². The van der Waals surface area contributed by atoms with E-state index in [1.165, 1.54) is 0 Å². The Kier molecular flexibility index (Phi) is 5.22. The van der Waals surface area contributed by atoms with Crippen LogP contribution in [0.3, 0.4) is 0 Å². The number of rotatable bonds is 5. The summed E-state index contributed by atoms with van der Waals surface area (Å²) in [7, 11) is 0. The minimum Gasteiger partial charge on any atom is -0.322 e. The van der Waals surface area contributed by atoms with Crippen molar-refractivity contribution >= 4 is 11.6 Å². The topological polar surface area (TPSA) is 41.1 Å². The van der Waals surface area contributed by atoms with Crippen molar-refractivity contribution in [3.8, 4) is 0 Å². The zero-order valence-corrected chi connectivity index (χ0v) is 12.4. The lowest BCUT2D eigenvalue weighted by Gasteiger charge is -2.20. The third kappa shape index (κ3) is 4.11. The number of benzene rings is 2. The van der Waals surface area contributed by atoms with Crippen molar-refractivity contribution in [3.63, 3.8) is 0 Å². The highest BCUT2D eigenvalue weighted by Gasteiger charge is 2.17. The highest BCUT2D eigenvalue weighted by Crippen LogP contribution is 2.16. The normalized spacial score (nSPS) is 13.5. The lowest BCUT2D eigenvalue weighted by Crippen LogP contribution is -2.39. The molecular formula is C17H18F2N2O. The maximum absolute atomic E-state index is 13.5. The summed E-state index contributed by atoms with van der Waals surface area (Å²) in [4.78, 5) is 12.1. The number of halogens is 2. The molecule has 0 fully saturated rings. The Morgan fingerprint density at radius 3 is 2.41 bits per heavy atom. The van der Waals surface area contributed by atoms with Gasteiger partial charge in [-0.25, -0.2) is 8.78 Å². The van der Waals surface area contributed by atoms with E-state index in [-0.39, 0.29) is 11.7 Å². The molecule has 2 rings (SSSR count). The third-order valence-corrected chi connectivity index (χ3v) is 3.38. The van der Waals surface area contributed by atoms with Crippen LogP contribution in [0.2, 0.25) is 0 Å². The van der Waals surface area contributed by atoms with Crippen LogP contribution in [-0.4, -0.2) is 11.9 Å². The first-order valence-electron chi connectivity index (χ1n) is 7.04. The largest absolute Gasteiger partial charge is 0.322 e. The van der Waals surface area contributed by atoms with E-state index >= 15 is 0 Å². The van der Waals surface area contributed by atoms with Gasteiger partial charge in [0.2, 0.25) is 5.91 Å². The number of nitrogens with one attached hydrogen (secondary N) is 2. The summed E-state index contributed by atoms with van der Waals surface area (Å²) in [6.45, 7) is 3.61. The number of hydrogen-bond acceptors (Lipinski definition) is 2. The van der Waals surface area contributed by atoms with E-state index < -0.39 is 23.6 Å². The van der Waals surface area contributed by atoms with E-state index in [1.54, 1.807) is 6.92 Å². The standard InChI is InChI=1S/C17H18F2N2O/c1-11(13-6-4-3-5-7-13)20-12(2)17(22)21-16-10-14(18)8-9-15(16)19/h3-12,20H,1-2H3,(H,21,22)/t11-,12-/m0/s1. The number of carbonyl (C=O) groups excluding carboxylic acids is 1. The Balaban J connectivity index is 1.99. The minimum atomic E-state index is -0.668. The Hall–Kier alpha value is -2.27. The smallest absolute Gasteiger partial charge is 0.241 e. The Morgan fingerprint density at radius 2 is 1.73 bits per heavy atom. The van der Waals surface area contributed by atoms with Gasteiger partial charge in [0.25, 0.3) is 0 Å². The van der Waals surface area contributed by atoms with Crippen LogP contribution < -0.4 is 10.6 Å². The zero-order valence-electron chi connectivity index (χ0n) is 12.4. The summed E-state index contributed by atoms with van der Waals surface area (Å²) in [5.41, 5.74) is 0.880. The molecular weight excluding hydrogens is 286 g/mol. The van der Waals surface area contributed by atoms with Gasteiger partial charge in [0, 0.05) is 12.1 Å². The van der Waals surface area contributed by atoms with Crippen LogP contribution in [0.4, 0.5) is 14.5 Å². The van der Waals surface area contributed by atoms with Gasteiger partial charge < -0.3 is 5.32 Å². The molecule has 2 N–H and O–H groups in total. The fourth-order valence-corrected chi connectivity index (χ4v) is 2.12. The summed E-state index contributed by atoms with van der Waals surface area (Å²) in [5.74, 6) is -1.69. The molecule has 0 aliphatic heterocycles. The molecule has 0 spiro atoms. The predicted octanol–water partition coefficient (Wildman–Crippen LogP) is 3.64. The van der Waals surface area contributed by atoms with Gasteiger partial charge in [0.05, 0.1) is 11.7 Å². The SMILES string of the molecule is C[C@H](N[C@@H](C)c1ccccc1)C(=O)Nc1cc(F)ccc1F. The molecule has 0 saturated heterocycles. The highest BCUT2D eigenvalue weighted by atomic mass is 19.1. The van der Waals surface area contributed by atoms with Crippen LogP contribution in [0.15, 0.2) is 48.5 Å². The maximum atomic E-state index is 13.5. The van der Waals surface area contributed by atoms with E-state index in [0.29, 0.717) is 0 Å². The van der Waals surface area contributed by atoms with Crippen molar-refractivity contribution in [2.75, 3.05) is 5.32 Å². The van der Waals surface area contributed by atoms with Crippen molar-refractivity contribution < 1.29 is 13.6 Å². The molecule has 0 aliphatic rings. The van der Waals surface area contributed by atoms with Gasteiger partial charge in [0.1, 0.15) is 11.6 Å². The molecule has 2 atom stereocenters. The highest BCUT2D eigenvalue weighted by molar-refractivity contribution is 5.94. The van der Waals surface area contributed by atoms with E-state index in [2.05, 4.69) is 10.6 Å². The number of hydrogen-bond donors (Lipinski definition) is 2. The lowest BCUT2D eigenvalue weighted by molar-refractivity contribution is -0.118. The molecule has 0 bridgehead atoms. The first-order chi connectivity index (χ1) is 10.5. The second-order valence-electron chi connectivity index (χ2n) is 5.13. The van der Waals surface area contributed by atoms with Gasteiger partial charge in [0.15, 0.2) is 0 Å². The number of anilines is 1. The average molecular weight is 304 g/mol. The predicted molar refractivity (Wildman–Crippen MR) is 82.4 cm³/mol. The Labute approximate surface area is 128 Å². The maximum Gasteiger partial charge on any atom is 0.241 e. The molecule has 1 amide bonds. The number of carbonyl (C=O) groups is 1. The van der Waals surface area contributed by atoms with Gasteiger partial charge in [-0.1, -0.05) is 30.3 Å². The summed E-state index contributed by atoms with van der Waals surface area (Å²) in [6, 6.07) is 12.0. The van der Waals surface area contributed by atoms with Gasteiger partial charge in [-0.2, -0.15) is 0 Å². The van der Waals surface area contributed by atoms with Crippen molar-refractivity contribution in [1.82, 2.24) is 5.32 Å². The van der Waals surface area contributed by atoms with Crippen LogP contribution >= 0.6 is 0 Å². The number of amides is 1. The molecule has 116 valence electrons. The Bertz CT molecular complexity index is 646. The van der Waals surface area contributed by atoms with Crippen LogP contribution in [0.1, 0.15) is 25.5 Å². The van der Waals surface area contributed by atoms with Crippen LogP contribution in [0.25, 0.3) is 0 Å². The fourth-order valence-electron chi connectivity index (χ4n) is 2.12. The monoisotopic (exact) mass is 304 g/mol. The molecule has 2 aromatic carbocycles. The summed E-state index contributed by atoms with van der Waals surface area (Å²) in [5, 5.41) is 5.51. The van der Waals surface area contributed by atoms with Crippen LogP contribution in [-0.2, 0) is 4.79 Å². The summed E-state index contributed by atoms with van der Waals surface area (Å²) >= 11 is 0. The molecule has 22 heavy (non-hydrogen) atoms. The first-order valence-corrected chi connectivity index (χ1v) is 7.04. The fraction of sp³-hybridized carbons (Fsp3) is 0.235. The Morgan fingerprint density at radius 1 is 1.05 bits per heavy atom. The second kappa shape index (κ2) is 7.13. The molecule has 0 aromatic heterocycles. The van der Waals surface area contributed by atoms with Crippen LogP contribution in [0.5, 0.6) is 0 Å². The minimum absolute atomic E-state index is 0.0423. The van der Waals surface area contributed by atoms with Gasteiger partial charge in [-0.05, 0) is 31.5 Å². The van der Waals surface area contributed by atoms with E-state index in [0.717, 1.165) is 23.8 Å². The second-order valence-corrected chi connectivity index (χ2v) is 5.13. The summed E-state index contributed by atoms with van der Waals surface area (Å²) < 4.78 is 26.6. The zero-order chi connectivity index (χ0) is 16.1. The van der Waals surface area contributed by atoms with Crippen molar-refractivity contribution in [2.24, 2.45) is 0 Å². The third-order valence-electron chi connectivity index (χ3n) is 3.38.